The molecule has 0 saturated heterocycles. The van der Waals surface area contributed by atoms with Gasteiger partial charge in [0.1, 0.15) is 5.82 Å². The van der Waals surface area contributed by atoms with Crippen LogP contribution in [0.25, 0.3) is 0 Å². The number of hydrogen-bond donors (Lipinski definition) is 2. The molecular formula is C16H18ClFN2S. The zero-order valence-corrected chi connectivity index (χ0v) is 13.3. The van der Waals surface area contributed by atoms with E-state index in [4.69, 9.17) is 17.4 Å². The molecule has 2 nitrogen and oxygen atoms in total. The lowest BCUT2D eigenvalue weighted by atomic mass is 10.1. The van der Waals surface area contributed by atoms with Crippen molar-refractivity contribution in [3.8, 4) is 0 Å². The van der Waals surface area contributed by atoms with Crippen LogP contribution in [0.2, 0.25) is 5.02 Å². The first kappa shape index (κ1) is 16.3. The molecule has 21 heavy (non-hydrogen) atoms. The number of benzene rings is 2. The minimum atomic E-state index is -0.281. The molecule has 1 unspecified atom stereocenters. The van der Waals surface area contributed by atoms with E-state index < -0.39 is 0 Å². The van der Waals surface area contributed by atoms with Crippen molar-refractivity contribution in [2.75, 3.05) is 5.75 Å². The first-order chi connectivity index (χ1) is 10.1. The minimum Gasteiger partial charge on any atom is -0.271 e. The summed E-state index contributed by atoms with van der Waals surface area (Å²) in [5.41, 5.74) is 4.78. The van der Waals surface area contributed by atoms with E-state index in [-0.39, 0.29) is 11.9 Å². The zero-order chi connectivity index (χ0) is 15.2. The number of hydrazine groups is 1. The second kappa shape index (κ2) is 7.80. The molecular weight excluding hydrogens is 307 g/mol. The minimum absolute atomic E-state index is 0.0237. The van der Waals surface area contributed by atoms with Gasteiger partial charge in [0.2, 0.25) is 0 Å². The third-order valence-corrected chi connectivity index (χ3v) is 4.73. The Balaban J connectivity index is 1.96. The van der Waals surface area contributed by atoms with Gasteiger partial charge >= 0.3 is 0 Å². The zero-order valence-electron chi connectivity index (χ0n) is 11.8. The molecule has 1 atom stereocenters. The fraction of sp³-hybridized carbons (Fsp3) is 0.250. The molecule has 0 aliphatic carbocycles. The molecule has 0 aromatic heterocycles. The first-order valence-electron chi connectivity index (χ1n) is 6.68. The van der Waals surface area contributed by atoms with Gasteiger partial charge in [-0.3, -0.25) is 11.3 Å². The fourth-order valence-corrected chi connectivity index (χ4v) is 3.09. The van der Waals surface area contributed by atoms with Crippen molar-refractivity contribution in [1.29, 1.82) is 0 Å². The van der Waals surface area contributed by atoms with E-state index in [9.17, 15) is 4.39 Å². The number of rotatable bonds is 6. The molecule has 2 rings (SSSR count). The van der Waals surface area contributed by atoms with Gasteiger partial charge in [-0.15, -0.1) is 11.8 Å². The number of hydrogen-bond acceptors (Lipinski definition) is 3. The van der Waals surface area contributed by atoms with Gasteiger partial charge in [-0.05, 0) is 49.2 Å². The summed E-state index contributed by atoms with van der Waals surface area (Å²) >= 11 is 7.80. The maximum Gasteiger partial charge on any atom is 0.123 e. The van der Waals surface area contributed by atoms with Crippen molar-refractivity contribution in [3.63, 3.8) is 0 Å². The maximum atomic E-state index is 13.3. The second-order valence-electron chi connectivity index (χ2n) is 4.93. The van der Waals surface area contributed by atoms with Gasteiger partial charge in [-0.1, -0.05) is 29.3 Å². The van der Waals surface area contributed by atoms with Crippen LogP contribution in [0.1, 0.15) is 11.1 Å². The number of halogens is 2. The van der Waals surface area contributed by atoms with Crippen molar-refractivity contribution >= 4 is 23.4 Å². The average Bonchev–Trinajstić information content (AvgIpc) is 2.48. The smallest absolute Gasteiger partial charge is 0.123 e. The predicted molar refractivity (Wildman–Crippen MR) is 88.1 cm³/mol. The van der Waals surface area contributed by atoms with Crippen LogP contribution in [-0.2, 0) is 6.42 Å². The quantitative estimate of drug-likeness (QED) is 0.480. The summed E-state index contributed by atoms with van der Waals surface area (Å²) in [7, 11) is 0. The first-order valence-corrected chi connectivity index (χ1v) is 8.04. The molecule has 0 bridgehead atoms. The summed E-state index contributed by atoms with van der Waals surface area (Å²) in [4.78, 5) is 1.19. The number of nitrogens with one attached hydrogen (secondary N) is 1. The average molecular weight is 325 g/mol. The van der Waals surface area contributed by atoms with Crippen LogP contribution in [0.4, 0.5) is 4.39 Å². The summed E-state index contributed by atoms with van der Waals surface area (Å²) in [5.74, 6) is 6.10. The van der Waals surface area contributed by atoms with E-state index >= 15 is 0 Å². The highest BCUT2D eigenvalue weighted by Crippen LogP contribution is 2.23. The van der Waals surface area contributed by atoms with Crippen molar-refractivity contribution in [3.05, 3.63) is 64.4 Å². The van der Waals surface area contributed by atoms with Crippen LogP contribution < -0.4 is 11.3 Å². The molecule has 2 aromatic rings. The molecule has 0 radical (unpaired) electrons. The van der Waals surface area contributed by atoms with Gasteiger partial charge in [0.05, 0.1) is 0 Å². The highest BCUT2D eigenvalue weighted by molar-refractivity contribution is 7.99. The Morgan fingerprint density at radius 1 is 1.24 bits per heavy atom. The molecule has 5 heteroatoms. The van der Waals surface area contributed by atoms with E-state index in [1.165, 1.54) is 22.6 Å². The van der Waals surface area contributed by atoms with Gasteiger partial charge in [-0.2, -0.15) is 0 Å². The topological polar surface area (TPSA) is 38.0 Å². The van der Waals surface area contributed by atoms with Gasteiger partial charge in [0, 0.05) is 21.7 Å². The lowest BCUT2D eigenvalue weighted by Crippen LogP contribution is -2.38. The lowest BCUT2D eigenvalue weighted by Gasteiger charge is -2.16. The van der Waals surface area contributed by atoms with Gasteiger partial charge in [0.15, 0.2) is 0 Å². The standard InChI is InChI=1S/C16H18ClFN2S/c1-11-2-5-15(6-3-11)21-10-14(20-19)9-12-8-13(18)4-7-16(12)17/h2-8,14,20H,9-10,19H2,1H3. The van der Waals surface area contributed by atoms with Crippen molar-refractivity contribution < 1.29 is 4.39 Å². The van der Waals surface area contributed by atoms with Crippen LogP contribution in [0.15, 0.2) is 47.4 Å². The molecule has 3 N–H and O–H groups in total. The molecule has 112 valence electrons. The molecule has 0 saturated carbocycles. The van der Waals surface area contributed by atoms with E-state index in [1.54, 1.807) is 17.8 Å². The molecule has 0 fully saturated rings. The Bertz CT molecular complexity index is 589. The monoisotopic (exact) mass is 324 g/mol. The summed E-state index contributed by atoms with van der Waals surface area (Å²) in [6, 6.07) is 12.8. The van der Waals surface area contributed by atoms with Gasteiger partial charge < -0.3 is 0 Å². The predicted octanol–water partition coefficient (Wildman–Crippen LogP) is 3.95. The van der Waals surface area contributed by atoms with Gasteiger partial charge in [0.25, 0.3) is 0 Å². The Morgan fingerprint density at radius 2 is 1.95 bits per heavy atom. The Kier molecular flexibility index (Phi) is 6.06. The molecule has 0 amide bonds. The van der Waals surface area contributed by atoms with Crippen LogP contribution in [0, 0.1) is 12.7 Å². The second-order valence-corrected chi connectivity index (χ2v) is 6.43. The number of thioether (sulfide) groups is 1. The van der Waals surface area contributed by atoms with Crippen molar-refractivity contribution in [2.24, 2.45) is 5.84 Å². The third-order valence-electron chi connectivity index (χ3n) is 3.18. The van der Waals surface area contributed by atoms with E-state index in [1.807, 2.05) is 0 Å². The SMILES string of the molecule is Cc1ccc(SCC(Cc2cc(F)ccc2Cl)NN)cc1. The number of nitrogens with two attached hydrogens (primary N) is 1. The van der Waals surface area contributed by atoms with Crippen molar-refractivity contribution in [1.82, 2.24) is 5.43 Å². The molecule has 0 aliphatic heterocycles. The normalized spacial score (nSPS) is 12.4. The third kappa shape index (κ3) is 5.00. The molecule has 0 aliphatic rings. The van der Waals surface area contributed by atoms with Crippen LogP contribution >= 0.6 is 23.4 Å². The van der Waals surface area contributed by atoms with E-state index in [0.717, 1.165) is 11.3 Å². The fourth-order valence-electron chi connectivity index (χ4n) is 1.96. The molecule has 0 heterocycles. The Hall–Kier alpha value is -1.07. The number of aryl methyl sites for hydroxylation is 1. The highest BCUT2D eigenvalue weighted by atomic mass is 35.5. The summed E-state index contributed by atoms with van der Waals surface area (Å²) in [5, 5.41) is 0.567. The summed E-state index contributed by atoms with van der Waals surface area (Å²) in [6.07, 6.45) is 0.589. The van der Waals surface area contributed by atoms with Crippen LogP contribution in [0.5, 0.6) is 0 Å². The summed E-state index contributed by atoms with van der Waals surface area (Å²) < 4.78 is 13.3. The maximum absolute atomic E-state index is 13.3. The van der Waals surface area contributed by atoms with E-state index in [2.05, 4.69) is 36.6 Å². The molecule has 0 spiro atoms. The Labute approximate surface area is 133 Å². The summed E-state index contributed by atoms with van der Waals surface area (Å²) in [6.45, 7) is 2.06. The van der Waals surface area contributed by atoms with Crippen LogP contribution in [0.3, 0.4) is 0 Å². The highest BCUT2D eigenvalue weighted by Gasteiger charge is 2.12. The Morgan fingerprint density at radius 3 is 2.62 bits per heavy atom. The lowest BCUT2D eigenvalue weighted by molar-refractivity contribution is 0.570. The van der Waals surface area contributed by atoms with Crippen LogP contribution in [-0.4, -0.2) is 11.8 Å². The van der Waals surface area contributed by atoms with Gasteiger partial charge in [-0.25, -0.2) is 4.39 Å². The molecule has 2 aromatic carbocycles. The van der Waals surface area contributed by atoms with E-state index in [0.29, 0.717) is 11.4 Å². The van der Waals surface area contributed by atoms with Crippen molar-refractivity contribution in [2.45, 2.75) is 24.3 Å². The largest absolute Gasteiger partial charge is 0.271 e.